The summed E-state index contributed by atoms with van der Waals surface area (Å²) in [7, 11) is 4.03. The van der Waals surface area contributed by atoms with Crippen molar-refractivity contribution >= 4 is 0 Å². The van der Waals surface area contributed by atoms with Crippen LogP contribution in [0.1, 0.15) is 29.7 Å². The van der Waals surface area contributed by atoms with E-state index in [1.54, 1.807) is 0 Å². The maximum absolute atomic E-state index is 9.31. The number of hydrogen-bond donors (Lipinski definition) is 1. The number of aliphatic hydroxyl groups excluding tert-OH is 1. The maximum atomic E-state index is 9.31. The third kappa shape index (κ3) is 3.23. The van der Waals surface area contributed by atoms with E-state index >= 15 is 0 Å². The number of aliphatic hydroxyl groups is 1. The van der Waals surface area contributed by atoms with Crippen molar-refractivity contribution in [3.05, 3.63) is 47.5 Å². The van der Waals surface area contributed by atoms with E-state index in [1.165, 1.54) is 5.56 Å². The lowest BCUT2D eigenvalue weighted by Crippen LogP contribution is -2.26. The molecule has 1 unspecified atom stereocenters. The van der Waals surface area contributed by atoms with Gasteiger partial charge in [0.05, 0.1) is 6.54 Å². The molecule has 0 aliphatic rings. The number of aromatic nitrogens is 3. The van der Waals surface area contributed by atoms with E-state index in [4.69, 9.17) is 0 Å². The standard InChI is InChI=1S/C15H22N4O/c1-12-16-17-15(19(12)3)11-18(2)14(9-10-20)13-7-5-4-6-8-13/h4-8,14,20H,9-11H2,1-3H3. The van der Waals surface area contributed by atoms with Crippen LogP contribution in [0, 0.1) is 6.92 Å². The van der Waals surface area contributed by atoms with Crippen LogP contribution in [-0.4, -0.2) is 38.4 Å². The predicted molar refractivity (Wildman–Crippen MR) is 78.1 cm³/mol. The van der Waals surface area contributed by atoms with Crippen molar-refractivity contribution in [2.45, 2.75) is 25.9 Å². The Morgan fingerprint density at radius 1 is 1.25 bits per heavy atom. The minimum atomic E-state index is 0.168. The average molecular weight is 274 g/mol. The molecule has 0 saturated heterocycles. The molecule has 0 saturated carbocycles. The molecule has 0 fully saturated rings. The van der Waals surface area contributed by atoms with Crippen molar-refractivity contribution in [1.29, 1.82) is 0 Å². The highest BCUT2D eigenvalue weighted by molar-refractivity contribution is 5.19. The van der Waals surface area contributed by atoms with Gasteiger partial charge in [-0.25, -0.2) is 0 Å². The molecule has 5 nitrogen and oxygen atoms in total. The van der Waals surface area contributed by atoms with Gasteiger partial charge in [-0.1, -0.05) is 30.3 Å². The highest BCUT2D eigenvalue weighted by Crippen LogP contribution is 2.23. The van der Waals surface area contributed by atoms with Crippen LogP contribution >= 0.6 is 0 Å². The molecule has 108 valence electrons. The van der Waals surface area contributed by atoms with Crippen LogP contribution in [0.2, 0.25) is 0 Å². The molecular formula is C15H22N4O. The largest absolute Gasteiger partial charge is 0.396 e. The van der Waals surface area contributed by atoms with Gasteiger partial charge in [0, 0.05) is 19.7 Å². The minimum absolute atomic E-state index is 0.168. The van der Waals surface area contributed by atoms with Gasteiger partial charge >= 0.3 is 0 Å². The third-order valence-corrected chi connectivity index (χ3v) is 3.69. The molecular weight excluding hydrogens is 252 g/mol. The fourth-order valence-corrected chi connectivity index (χ4v) is 2.36. The highest BCUT2D eigenvalue weighted by atomic mass is 16.3. The Bertz CT molecular complexity index is 538. The molecule has 1 N–H and O–H groups in total. The first kappa shape index (κ1) is 14.7. The Labute approximate surface area is 119 Å². The zero-order valence-electron chi connectivity index (χ0n) is 12.3. The van der Waals surface area contributed by atoms with Gasteiger partial charge in [-0.2, -0.15) is 0 Å². The SMILES string of the molecule is Cc1nnc(CN(C)C(CCO)c2ccccc2)n1C. The Morgan fingerprint density at radius 3 is 2.50 bits per heavy atom. The maximum Gasteiger partial charge on any atom is 0.146 e. The number of nitrogens with zero attached hydrogens (tertiary/aromatic N) is 4. The van der Waals surface area contributed by atoms with Gasteiger partial charge in [0.1, 0.15) is 11.6 Å². The second-order valence-corrected chi connectivity index (χ2v) is 5.08. The number of hydrogen-bond acceptors (Lipinski definition) is 4. The summed E-state index contributed by atoms with van der Waals surface area (Å²) >= 11 is 0. The van der Waals surface area contributed by atoms with Gasteiger partial charge in [-0.15, -0.1) is 10.2 Å². The van der Waals surface area contributed by atoms with Gasteiger partial charge in [0.25, 0.3) is 0 Å². The van der Waals surface area contributed by atoms with Crippen molar-refractivity contribution in [3.63, 3.8) is 0 Å². The summed E-state index contributed by atoms with van der Waals surface area (Å²) in [5, 5.41) is 17.6. The van der Waals surface area contributed by atoms with Gasteiger partial charge < -0.3 is 9.67 Å². The first-order valence-corrected chi connectivity index (χ1v) is 6.84. The van der Waals surface area contributed by atoms with E-state index in [-0.39, 0.29) is 12.6 Å². The lowest BCUT2D eigenvalue weighted by atomic mass is 10.0. The smallest absolute Gasteiger partial charge is 0.146 e. The summed E-state index contributed by atoms with van der Waals surface area (Å²) in [5.41, 5.74) is 1.21. The van der Waals surface area contributed by atoms with Gasteiger partial charge in [-0.3, -0.25) is 4.90 Å². The predicted octanol–water partition coefficient (Wildman–Crippen LogP) is 1.68. The van der Waals surface area contributed by atoms with Crippen LogP contribution in [-0.2, 0) is 13.6 Å². The van der Waals surface area contributed by atoms with Crippen LogP contribution in [0.3, 0.4) is 0 Å². The third-order valence-electron chi connectivity index (χ3n) is 3.69. The van der Waals surface area contributed by atoms with Crippen LogP contribution in [0.15, 0.2) is 30.3 Å². The topological polar surface area (TPSA) is 54.2 Å². The average Bonchev–Trinajstić information content (AvgIpc) is 2.77. The summed E-state index contributed by atoms with van der Waals surface area (Å²) < 4.78 is 2.00. The molecule has 0 aliphatic heterocycles. The summed E-state index contributed by atoms with van der Waals surface area (Å²) in [4.78, 5) is 2.20. The summed E-state index contributed by atoms with van der Waals surface area (Å²) in [6, 6.07) is 10.4. The zero-order chi connectivity index (χ0) is 14.5. The molecule has 20 heavy (non-hydrogen) atoms. The van der Waals surface area contributed by atoms with E-state index < -0.39 is 0 Å². The highest BCUT2D eigenvalue weighted by Gasteiger charge is 2.18. The molecule has 1 aromatic carbocycles. The van der Waals surface area contributed by atoms with E-state index in [9.17, 15) is 5.11 Å². The van der Waals surface area contributed by atoms with Crippen LogP contribution < -0.4 is 0 Å². The Hall–Kier alpha value is -1.72. The quantitative estimate of drug-likeness (QED) is 0.871. The molecule has 0 amide bonds. The Balaban J connectivity index is 2.15. The summed E-state index contributed by atoms with van der Waals surface area (Å²) in [6.07, 6.45) is 0.706. The van der Waals surface area contributed by atoms with Crippen molar-refractivity contribution in [2.75, 3.05) is 13.7 Å². The van der Waals surface area contributed by atoms with Gasteiger partial charge in [0.15, 0.2) is 0 Å². The zero-order valence-corrected chi connectivity index (χ0v) is 12.3. The van der Waals surface area contributed by atoms with Gasteiger partial charge in [0.2, 0.25) is 0 Å². The van der Waals surface area contributed by atoms with Crippen LogP contribution in [0.25, 0.3) is 0 Å². The normalized spacial score (nSPS) is 12.8. The van der Waals surface area contributed by atoms with E-state index in [1.807, 2.05) is 36.7 Å². The number of aryl methyl sites for hydroxylation is 1. The molecule has 2 aromatic rings. The van der Waals surface area contributed by atoms with Crippen molar-refractivity contribution in [1.82, 2.24) is 19.7 Å². The number of rotatable bonds is 6. The molecule has 2 rings (SSSR count). The van der Waals surface area contributed by atoms with Crippen molar-refractivity contribution in [3.8, 4) is 0 Å². The summed E-state index contributed by atoms with van der Waals surface area (Å²) in [6.45, 7) is 2.82. The monoisotopic (exact) mass is 274 g/mol. The van der Waals surface area contributed by atoms with Crippen LogP contribution in [0.4, 0.5) is 0 Å². The molecule has 0 bridgehead atoms. The first-order chi connectivity index (χ1) is 9.63. The van der Waals surface area contributed by atoms with Crippen molar-refractivity contribution < 1.29 is 5.11 Å². The lowest BCUT2D eigenvalue weighted by molar-refractivity contribution is 0.176. The fourth-order valence-electron chi connectivity index (χ4n) is 2.36. The first-order valence-electron chi connectivity index (χ1n) is 6.84. The second-order valence-electron chi connectivity index (χ2n) is 5.08. The van der Waals surface area contributed by atoms with Gasteiger partial charge in [-0.05, 0) is 26.0 Å². The molecule has 1 heterocycles. The molecule has 5 heteroatoms. The molecule has 0 aliphatic carbocycles. The second kappa shape index (κ2) is 6.63. The van der Waals surface area contributed by atoms with Crippen LogP contribution in [0.5, 0.6) is 0 Å². The Kier molecular flexibility index (Phi) is 4.87. The molecule has 1 atom stereocenters. The molecule has 1 aromatic heterocycles. The molecule has 0 spiro atoms. The van der Waals surface area contributed by atoms with Crippen molar-refractivity contribution in [2.24, 2.45) is 7.05 Å². The molecule has 0 radical (unpaired) electrons. The fraction of sp³-hybridized carbons (Fsp3) is 0.467. The lowest BCUT2D eigenvalue weighted by Gasteiger charge is -2.27. The van der Waals surface area contributed by atoms with E-state index in [0.29, 0.717) is 13.0 Å². The van der Waals surface area contributed by atoms with E-state index in [2.05, 4.69) is 34.3 Å². The Morgan fingerprint density at radius 2 is 1.95 bits per heavy atom. The minimum Gasteiger partial charge on any atom is -0.396 e. The van der Waals surface area contributed by atoms with E-state index in [0.717, 1.165) is 11.6 Å². The summed E-state index contributed by atoms with van der Waals surface area (Å²) in [5.74, 6) is 1.84. The number of benzene rings is 1.